The molecule has 1 N–H and O–H groups in total. The van der Waals surface area contributed by atoms with Crippen molar-refractivity contribution in [2.24, 2.45) is 0 Å². The van der Waals surface area contributed by atoms with Gasteiger partial charge in [-0.3, -0.25) is 4.79 Å². The summed E-state index contributed by atoms with van der Waals surface area (Å²) in [5.41, 5.74) is -0.599. The summed E-state index contributed by atoms with van der Waals surface area (Å²) in [5, 5.41) is 2.53. The molecule has 0 bridgehead atoms. The summed E-state index contributed by atoms with van der Waals surface area (Å²) >= 11 is 0. The lowest BCUT2D eigenvalue weighted by molar-refractivity contribution is -0.174. The van der Waals surface area contributed by atoms with Crippen molar-refractivity contribution in [3.8, 4) is 0 Å². The van der Waals surface area contributed by atoms with E-state index in [1.54, 1.807) is 20.8 Å². The Morgan fingerprint density at radius 3 is 2.71 bits per heavy atom. The first kappa shape index (κ1) is 11.0. The number of ether oxygens (including phenoxy) is 2. The molecule has 1 rings (SSSR count). The first-order valence-corrected chi connectivity index (χ1v) is 4.52. The quantitative estimate of drug-likeness (QED) is 0.473. The van der Waals surface area contributed by atoms with Gasteiger partial charge >= 0.3 is 5.97 Å². The Hall–Kier alpha value is -1.10. The van der Waals surface area contributed by atoms with Crippen molar-refractivity contribution in [2.45, 2.75) is 32.5 Å². The molecule has 5 nitrogen and oxygen atoms in total. The smallest absolute Gasteiger partial charge is 0.345 e. The van der Waals surface area contributed by atoms with Crippen molar-refractivity contribution >= 4 is 11.9 Å². The number of esters is 1. The van der Waals surface area contributed by atoms with Crippen LogP contribution in [-0.2, 0) is 19.1 Å². The Morgan fingerprint density at radius 2 is 2.21 bits per heavy atom. The summed E-state index contributed by atoms with van der Waals surface area (Å²) in [7, 11) is 0. The molecule has 0 aliphatic carbocycles. The van der Waals surface area contributed by atoms with E-state index in [-0.39, 0.29) is 0 Å². The number of nitrogens with one attached hydrogen (secondary N) is 1. The molecule has 1 saturated heterocycles. The lowest BCUT2D eigenvalue weighted by Crippen LogP contribution is -2.50. The van der Waals surface area contributed by atoms with Gasteiger partial charge in [0, 0.05) is 6.54 Å². The summed E-state index contributed by atoms with van der Waals surface area (Å²) in [6.45, 7) is 6.01. The molecule has 5 heteroatoms. The molecule has 0 saturated carbocycles. The highest BCUT2D eigenvalue weighted by molar-refractivity contribution is 6.01. The van der Waals surface area contributed by atoms with Crippen molar-refractivity contribution in [3.05, 3.63) is 0 Å². The molecule has 0 aromatic rings. The number of carbonyl (C=O) groups is 2. The van der Waals surface area contributed by atoms with Gasteiger partial charge in [0.25, 0.3) is 5.91 Å². The van der Waals surface area contributed by atoms with Gasteiger partial charge in [0.15, 0.2) is 0 Å². The highest BCUT2D eigenvalue weighted by atomic mass is 16.6. The zero-order chi connectivity index (χ0) is 10.8. The summed E-state index contributed by atoms with van der Waals surface area (Å²) < 4.78 is 10.0. The van der Waals surface area contributed by atoms with Crippen LogP contribution in [0, 0.1) is 0 Å². The molecule has 1 heterocycles. The third kappa shape index (κ3) is 2.99. The predicted octanol–water partition coefficient (Wildman–Crippen LogP) is -0.157. The average Bonchev–Trinajstić information content (AvgIpc) is 2.01. The van der Waals surface area contributed by atoms with Gasteiger partial charge in [-0.15, -0.1) is 0 Å². The Morgan fingerprint density at radius 1 is 1.57 bits per heavy atom. The van der Waals surface area contributed by atoms with E-state index in [4.69, 9.17) is 9.47 Å². The topological polar surface area (TPSA) is 64.6 Å². The highest BCUT2D eigenvalue weighted by Gasteiger charge is 2.33. The molecule has 14 heavy (non-hydrogen) atoms. The Balaban J connectivity index is 2.55. The van der Waals surface area contributed by atoms with E-state index in [1.807, 2.05) is 0 Å². The molecule has 1 atom stereocenters. The second-order valence-corrected chi connectivity index (χ2v) is 4.08. The van der Waals surface area contributed by atoms with E-state index in [0.717, 1.165) is 0 Å². The van der Waals surface area contributed by atoms with Crippen molar-refractivity contribution < 1.29 is 19.1 Å². The van der Waals surface area contributed by atoms with E-state index in [2.05, 4.69) is 5.32 Å². The monoisotopic (exact) mass is 201 g/mol. The molecule has 0 unspecified atom stereocenters. The summed E-state index contributed by atoms with van der Waals surface area (Å²) in [4.78, 5) is 22.6. The van der Waals surface area contributed by atoms with Crippen molar-refractivity contribution in [3.63, 3.8) is 0 Å². The second-order valence-electron chi connectivity index (χ2n) is 4.08. The number of hydrogen-bond donors (Lipinski definition) is 1. The molecule has 0 radical (unpaired) electrons. The van der Waals surface area contributed by atoms with Gasteiger partial charge in [0.05, 0.1) is 6.61 Å². The lowest BCUT2D eigenvalue weighted by Gasteiger charge is -2.25. The Labute approximate surface area is 82.8 Å². The number of hydrogen-bond acceptors (Lipinski definition) is 4. The lowest BCUT2D eigenvalue weighted by atomic mass is 10.2. The number of carbonyl (C=O) groups excluding carboxylic acids is 2. The molecule has 1 aliphatic rings. The minimum absolute atomic E-state index is 0.343. The van der Waals surface area contributed by atoms with Crippen LogP contribution in [0.3, 0.4) is 0 Å². The standard InChI is InChI=1S/C9H15NO4/c1-9(2,3)14-8(12)6-7(11)10-4-5-13-6/h6H,4-5H2,1-3H3,(H,10,11)/t6-/m1/s1. The van der Waals surface area contributed by atoms with Crippen LogP contribution in [0.25, 0.3) is 0 Å². The van der Waals surface area contributed by atoms with Crippen LogP contribution in [0.1, 0.15) is 20.8 Å². The van der Waals surface area contributed by atoms with E-state index in [9.17, 15) is 9.59 Å². The van der Waals surface area contributed by atoms with E-state index < -0.39 is 23.6 Å². The Kier molecular flexibility index (Phi) is 3.10. The normalized spacial score (nSPS) is 22.8. The molecule has 1 amide bonds. The third-order valence-electron chi connectivity index (χ3n) is 1.54. The van der Waals surface area contributed by atoms with Gasteiger partial charge in [0.2, 0.25) is 6.10 Å². The van der Waals surface area contributed by atoms with E-state index in [1.165, 1.54) is 0 Å². The van der Waals surface area contributed by atoms with Crippen LogP contribution in [0.5, 0.6) is 0 Å². The van der Waals surface area contributed by atoms with Gasteiger partial charge in [-0.05, 0) is 20.8 Å². The van der Waals surface area contributed by atoms with Crippen LogP contribution in [0.4, 0.5) is 0 Å². The number of morpholine rings is 1. The zero-order valence-corrected chi connectivity index (χ0v) is 8.62. The fourth-order valence-electron chi connectivity index (χ4n) is 1.05. The van der Waals surface area contributed by atoms with Crippen LogP contribution >= 0.6 is 0 Å². The fraction of sp³-hybridized carbons (Fsp3) is 0.778. The number of rotatable bonds is 1. The van der Waals surface area contributed by atoms with E-state index in [0.29, 0.717) is 13.2 Å². The summed E-state index contributed by atoms with van der Waals surface area (Å²) in [6, 6.07) is 0. The largest absolute Gasteiger partial charge is 0.458 e. The van der Waals surface area contributed by atoms with Gasteiger partial charge in [-0.2, -0.15) is 0 Å². The molecular weight excluding hydrogens is 186 g/mol. The first-order chi connectivity index (χ1) is 6.40. The van der Waals surface area contributed by atoms with Crippen LogP contribution < -0.4 is 5.32 Å². The second kappa shape index (κ2) is 3.96. The summed E-state index contributed by atoms with van der Waals surface area (Å²) in [6.07, 6.45) is -1.11. The number of amides is 1. The SMILES string of the molecule is CC(C)(C)OC(=O)[C@@H]1OCCNC1=O. The Bertz CT molecular complexity index is 244. The molecule has 0 aromatic heterocycles. The minimum Gasteiger partial charge on any atom is -0.458 e. The first-order valence-electron chi connectivity index (χ1n) is 4.52. The molecule has 0 aromatic carbocycles. The van der Waals surface area contributed by atoms with Crippen molar-refractivity contribution in [2.75, 3.05) is 13.2 Å². The van der Waals surface area contributed by atoms with Crippen molar-refractivity contribution in [1.82, 2.24) is 5.32 Å². The van der Waals surface area contributed by atoms with Crippen molar-refractivity contribution in [1.29, 1.82) is 0 Å². The maximum absolute atomic E-state index is 11.4. The maximum atomic E-state index is 11.4. The van der Waals surface area contributed by atoms with Gasteiger partial charge in [-0.25, -0.2) is 4.79 Å². The fourth-order valence-corrected chi connectivity index (χ4v) is 1.05. The van der Waals surface area contributed by atoms with Gasteiger partial charge in [-0.1, -0.05) is 0 Å². The molecule has 80 valence electrons. The summed E-state index contributed by atoms with van der Waals surface area (Å²) in [5.74, 6) is -1.06. The molecular formula is C9H15NO4. The highest BCUT2D eigenvalue weighted by Crippen LogP contribution is 2.10. The maximum Gasteiger partial charge on any atom is 0.345 e. The van der Waals surface area contributed by atoms with Crippen LogP contribution in [0.2, 0.25) is 0 Å². The average molecular weight is 201 g/mol. The van der Waals surface area contributed by atoms with E-state index >= 15 is 0 Å². The van der Waals surface area contributed by atoms with Gasteiger partial charge in [0.1, 0.15) is 5.60 Å². The predicted molar refractivity (Wildman–Crippen MR) is 48.6 cm³/mol. The van der Waals surface area contributed by atoms with Crippen LogP contribution in [0.15, 0.2) is 0 Å². The van der Waals surface area contributed by atoms with Gasteiger partial charge < -0.3 is 14.8 Å². The molecule has 0 spiro atoms. The molecule has 1 aliphatic heterocycles. The minimum atomic E-state index is -1.11. The zero-order valence-electron chi connectivity index (χ0n) is 8.62. The third-order valence-corrected chi connectivity index (χ3v) is 1.54. The molecule has 1 fully saturated rings. The van der Waals surface area contributed by atoms with Crippen LogP contribution in [-0.4, -0.2) is 36.7 Å².